The van der Waals surface area contributed by atoms with Gasteiger partial charge in [0.25, 0.3) is 0 Å². The van der Waals surface area contributed by atoms with Crippen molar-refractivity contribution >= 4 is 0 Å². The van der Waals surface area contributed by atoms with Gasteiger partial charge >= 0.3 is 0 Å². The molecule has 0 saturated heterocycles. The molecule has 0 fully saturated rings. The molecule has 0 heterocycles. The first-order valence-electron chi connectivity index (χ1n) is 4.15. The van der Waals surface area contributed by atoms with Crippen molar-refractivity contribution < 1.29 is 0 Å². The van der Waals surface area contributed by atoms with Gasteiger partial charge in [-0.3, -0.25) is 0 Å². The second-order valence-corrected chi connectivity index (χ2v) is 1.26. The van der Waals surface area contributed by atoms with E-state index in [1.165, 1.54) is 0 Å². The minimum atomic E-state index is 1.75. The fourth-order valence-corrected chi connectivity index (χ4v) is 0.136. The Balaban J connectivity index is -0.0000000397. The quantitative estimate of drug-likeness (QED) is 0.471. The van der Waals surface area contributed by atoms with Gasteiger partial charge in [-0.05, 0) is 21.0 Å². The molecule has 1 nitrogen and oxygen atoms in total. The second kappa shape index (κ2) is 84.8. The zero-order chi connectivity index (χ0) is 10.8. The Morgan fingerprint density at radius 1 is 1.08 bits per heavy atom. The third-order valence-electron chi connectivity index (χ3n) is 0.329. The van der Waals surface area contributed by atoms with E-state index in [1.54, 1.807) is 6.08 Å². The minimum absolute atomic E-state index is 1.75. The molecule has 0 aromatic carbocycles. The molecule has 0 unspecified atom stereocenters. The van der Waals surface area contributed by atoms with E-state index in [9.17, 15) is 0 Å². The van der Waals surface area contributed by atoms with Crippen LogP contribution in [0.2, 0.25) is 0 Å². The van der Waals surface area contributed by atoms with E-state index in [-0.39, 0.29) is 0 Å². The van der Waals surface area contributed by atoms with Crippen LogP contribution in [0.1, 0.15) is 20.8 Å². The van der Waals surface area contributed by atoms with E-state index < -0.39 is 0 Å². The third kappa shape index (κ3) is 441. The molecule has 74 valence electrons. The Hall–Kier alpha value is -0.820. The maximum Gasteiger partial charge on any atom is -0.0167 e. The van der Waals surface area contributed by atoms with Crippen molar-refractivity contribution in [2.75, 3.05) is 14.1 Å². The van der Waals surface area contributed by atoms with Gasteiger partial charge in [-0.15, -0.1) is 13.2 Å². The molecule has 0 aliphatic rings. The van der Waals surface area contributed by atoms with Crippen LogP contribution in [-0.2, 0) is 0 Å². The van der Waals surface area contributed by atoms with Crippen LogP contribution in [-0.4, -0.2) is 14.1 Å². The average molecular weight is 171 g/mol. The predicted octanol–water partition coefficient (Wildman–Crippen LogP) is 3.41. The molecule has 0 aromatic heterocycles. The van der Waals surface area contributed by atoms with E-state index >= 15 is 0 Å². The molecule has 0 rings (SSSR count). The molecule has 1 heteroatoms. The first-order valence-corrected chi connectivity index (χ1v) is 4.15. The van der Waals surface area contributed by atoms with Crippen molar-refractivity contribution in [3.8, 4) is 0 Å². The van der Waals surface area contributed by atoms with Crippen molar-refractivity contribution in [3.05, 3.63) is 38.0 Å². The molecule has 0 atom stereocenters. The van der Waals surface area contributed by atoms with Crippen molar-refractivity contribution in [3.63, 3.8) is 0 Å². The maximum absolute atomic E-state index is 3.46. The van der Waals surface area contributed by atoms with Crippen molar-refractivity contribution in [1.82, 2.24) is 5.32 Å². The first kappa shape index (κ1) is 22.5. The number of allylic oxidation sites excluding steroid dienone is 3. The normalized spacial score (nSPS) is 6.08. The fourth-order valence-electron chi connectivity index (χ4n) is 0.136. The number of rotatable bonds is 1. The Kier molecular flexibility index (Phi) is 159. The summed E-state index contributed by atoms with van der Waals surface area (Å²) >= 11 is 0. The summed E-state index contributed by atoms with van der Waals surface area (Å²) in [6, 6.07) is 0. The van der Waals surface area contributed by atoms with Crippen LogP contribution in [0.3, 0.4) is 0 Å². The molecule has 0 aliphatic carbocycles. The lowest BCUT2D eigenvalue weighted by Crippen LogP contribution is -1.89. The summed E-state index contributed by atoms with van der Waals surface area (Å²) in [6.07, 6.45) is 5.58. The van der Waals surface area contributed by atoms with Crippen molar-refractivity contribution in [1.29, 1.82) is 0 Å². The summed E-state index contributed by atoms with van der Waals surface area (Å²) in [5.74, 6) is 0. The molecule has 0 aliphatic heterocycles. The summed E-state index contributed by atoms with van der Waals surface area (Å²) < 4.78 is 0. The lowest BCUT2D eigenvalue weighted by Gasteiger charge is -1.59. The highest BCUT2D eigenvalue weighted by molar-refractivity contribution is 4.94. The zero-order valence-corrected chi connectivity index (χ0v) is 9.35. The van der Waals surface area contributed by atoms with E-state index in [2.05, 4.69) is 25.1 Å². The molecular weight excluding hydrogens is 146 g/mol. The third-order valence-corrected chi connectivity index (χ3v) is 0.329. The van der Waals surface area contributed by atoms with Crippen LogP contribution in [0.25, 0.3) is 0 Å². The van der Waals surface area contributed by atoms with Gasteiger partial charge in [0, 0.05) is 0 Å². The van der Waals surface area contributed by atoms with Crippen molar-refractivity contribution in [2.24, 2.45) is 0 Å². The lowest BCUT2D eigenvalue weighted by molar-refractivity contribution is 1.02. The molecular formula is C11H25N. The molecule has 0 saturated carbocycles. The van der Waals surface area contributed by atoms with Gasteiger partial charge in [0.15, 0.2) is 0 Å². The van der Waals surface area contributed by atoms with Crippen LogP contribution in [0.15, 0.2) is 38.0 Å². The van der Waals surface area contributed by atoms with E-state index in [0.29, 0.717) is 0 Å². The summed E-state index contributed by atoms with van der Waals surface area (Å²) in [6.45, 7) is 15.4. The van der Waals surface area contributed by atoms with Crippen LogP contribution in [0.4, 0.5) is 0 Å². The highest BCUT2D eigenvalue weighted by Gasteiger charge is 1.42. The summed E-state index contributed by atoms with van der Waals surface area (Å²) in [4.78, 5) is 0. The van der Waals surface area contributed by atoms with Gasteiger partial charge < -0.3 is 5.32 Å². The van der Waals surface area contributed by atoms with Crippen LogP contribution in [0.5, 0.6) is 0 Å². The summed E-state index contributed by atoms with van der Waals surface area (Å²) in [5, 5.41) is 2.75. The Labute approximate surface area is 78.9 Å². The number of hydrogen-bond donors (Lipinski definition) is 1. The second-order valence-electron chi connectivity index (χ2n) is 1.26. The Morgan fingerprint density at radius 2 is 1.33 bits per heavy atom. The van der Waals surface area contributed by atoms with Crippen molar-refractivity contribution in [2.45, 2.75) is 20.8 Å². The average Bonchev–Trinajstić information content (AvgIpc) is 2.14. The van der Waals surface area contributed by atoms with Crippen LogP contribution < -0.4 is 5.32 Å². The highest BCUT2D eigenvalue weighted by atomic mass is 14.7. The van der Waals surface area contributed by atoms with E-state index in [4.69, 9.17) is 0 Å². The largest absolute Gasteiger partial charge is 0.323 e. The summed E-state index contributed by atoms with van der Waals surface area (Å²) in [7, 11) is 3.75. The molecule has 0 aromatic rings. The van der Waals surface area contributed by atoms with Gasteiger partial charge in [0.1, 0.15) is 0 Å². The van der Waals surface area contributed by atoms with Crippen LogP contribution in [0, 0.1) is 0 Å². The molecule has 0 bridgehead atoms. The highest BCUT2D eigenvalue weighted by Crippen LogP contribution is 1.64. The Morgan fingerprint density at radius 3 is 1.33 bits per heavy atom. The van der Waals surface area contributed by atoms with Gasteiger partial charge in [-0.25, -0.2) is 0 Å². The Bertz CT molecular complexity index is 65.4. The number of nitrogens with one attached hydrogen (secondary N) is 1. The maximum atomic E-state index is 3.46. The zero-order valence-electron chi connectivity index (χ0n) is 9.35. The smallest absolute Gasteiger partial charge is 0.0167 e. The monoisotopic (exact) mass is 171 g/mol. The molecule has 0 amide bonds. The van der Waals surface area contributed by atoms with E-state index in [0.717, 1.165) is 0 Å². The van der Waals surface area contributed by atoms with Crippen LogP contribution >= 0.6 is 0 Å². The fraction of sp³-hybridized carbons (Fsp3) is 0.455. The molecule has 0 spiro atoms. The lowest BCUT2D eigenvalue weighted by atomic mass is 10.5. The van der Waals surface area contributed by atoms with Gasteiger partial charge in [0.05, 0.1) is 0 Å². The number of hydrogen-bond acceptors (Lipinski definition) is 1. The SMILES string of the molecule is C=C.C=C/C=C\C.CC.CNC. The molecule has 12 heavy (non-hydrogen) atoms. The van der Waals surface area contributed by atoms with Gasteiger partial charge in [-0.2, -0.15) is 0 Å². The van der Waals surface area contributed by atoms with Gasteiger partial charge in [0.2, 0.25) is 0 Å². The molecule has 1 N–H and O–H groups in total. The standard InChI is InChI=1S/C5H8.C2H7N.C2H6.C2H4/c1-3-5-4-2;1-3-2;2*1-2/h3-5H,1H2,2H3;3H,1-2H3;1-2H3;1-2H2/b5-4-;;;. The topological polar surface area (TPSA) is 12.0 Å². The summed E-state index contributed by atoms with van der Waals surface area (Å²) in [5.41, 5.74) is 0. The van der Waals surface area contributed by atoms with Gasteiger partial charge in [-0.1, -0.05) is 38.7 Å². The molecule has 0 radical (unpaired) electrons. The first-order chi connectivity index (χ1) is 5.83. The minimum Gasteiger partial charge on any atom is -0.323 e. The predicted molar refractivity (Wildman–Crippen MR) is 62.6 cm³/mol. The van der Waals surface area contributed by atoms with E-state index in [1.807, 2.05) is 47.0 Å².